The first-order valence-corrected chi connectivity index (χ1v) is 4.21. The Morgan fingerprint density at radius 1 is 1.46 bits per heavy atom. The van der Waals surface area contributed by atoms with E-state index in [0.717, 1.165) is 0 Å². The van der Waals surface area contributed by atoms with E-state index in [0.29, 0.717) is 6.54 Å². The second-order valence-corrected chi connectivity index (χ2v) is 3.80. The van der Waals surface area contributed by atoms with E-state index in [1.165, 1.54) is 4.90 Å². The summed E-state index contributed by atoms with van der Waals surface area (Å²) in [4.78, 5) is 22.3. The summed E-state index contributed by atoms with van der Waals surface area (Å²) in [5, 5.41) is 10.1. The van der Waals surface area contributed by atoms with Gasteiger partial charge in [-0.3, -0.25) is 14.9 Å². The molecule has 0 spiro atoms. The molecule has 76 valence electrons. The fraction of sp³-hybridized carbons (Fsp3) is 0.875. The summed E-state index contributed by atoms with van der Waals surface area (Å²) in [6.45, 7) is 7.25. The average molecular weight is 188 g/mol. The Morgan fingerprint density at radius 2 is 1.92 bits per heavy atom. The molecule has 0 unspecified atom stereocenters. The van der Waals surface area contributed by atoms with Gasteiger partial charge in [0.25, 0.3) is 12.5 Å². The molecular formula is C8H16N2O3. The van der Waals surface area contributed by atoms with Crippen molar-refractivity contribution in [3.05, 3.63) is 10.1 Å². The van der Waals surface area contributed by atoms with Crippen LogP contribution in [0.25, 0.3) is 0 Å². The zero-order valence-electron chi connectivity index (χ0n) is 8.53. The van der Waals surface area contributed by atoms with E-state index >= 15 is 0 Å². The van der Waals surface area contributed by atoms with Crippen molar-refractivity contribution in [3.8, 4) is 0 Å². The van der Waals surface area contributed by atoms with Crippen LogP contribution in [0.3, 0.4) is 0 Å². The quantitative estimate of drug-likeness (QED) is 0.488. The van der Waals surface area contributed by atoms with Crippen molar-refractivity contribution in [2.24, 2.45) is 0 Å². The molecule has 5 heteroatoms. The maximum Gasteiger partial charge on any atom is 0.294 e. The van der Waals surface area contributed by atoms with E-state index < -0.39 is 17.4 Å². The minimum Gasteiger partial charge on any atom is -0.332 e. The predicted octanol–water partition coefficient (Wildman–Crippen LogP) is 0.910. The Balaban J connectivity index is 4.42. The second kappa shape index (κ2) is 4.20. The van der Waals surface area contributed by atoms with Crippen LogP contribution in [0.15, 0.2) is 0 Å². The molecule has 1 amide bonds. The summed E-state index contributed by atoms with van der Waals surface area (Å²) >= 11 is 0. The van der Waals surface area contributed by atoms with Crippen molar-refractivity contribution in [2.75, 3.05) is 13.1 Å². The molecule has 0 aromatic rings. The van der Waals surface area contributed by atoms with Gasteiger partial charge < -0.3 is 4.90 Å². The SMILES string of the molecule is CCN(C(=O)C[N+](=O)[O-])C(C)(C)C. The lowest BCUT2D eigenvalue weighted by molar-refractivity contribution is -0.469. The third-order valence-corrected chi connectivity index (χ3v) is 1.69. The van der Waals surface area contributed by atoms with Gasteiger partial charge in [-0.05, 0) is 27.7 Å². The normalized spacial score (nSPS) is 11.1. The summed E-state index contributed by atoms with van der Waals surface area (Å²) in [6, 6.07) is 0. The van der Waals surface area contributed by atoms with Gasteiger partial charge in [0.1, 0.15) is 0 Å². The maximum absolute atomic E-state index is 11.3. The van der Waals surface area contributed by atoms with E-state index in [-0.39, 0.29) is 5.54 Å². The third kappa shape index (κ3) is 3.87. The van der Waals surface area contributed by atoms with Gasteiger partial charge in [0.05, 0.1) is 0 Å². The molecule has 0 bridgehead atoms. The van der Waals surface area contributed by atoms with Gasteiger partial charge in [-0.2, -0.15) is 0 Å². The number of amides is 1. The van der Waals surface area contributed by atoms with Gasteiger partial charge >= 0.3 is 0 Å². The molecule has 0 atom stereocenters. The van der Waals surface area contributed by atoms with Crippen molar-refractivity contribution < 1.29 is 9.72 Å². The molecule has 0 aromatic carbocycles. The molecule has 0 saturated carbocycles. The van der Waals surface area contributed by atoms with Crippen molar-refractivity contribution in [3.63, 3.8) is 0 Å². The maximum atomic E-state index is 11.3. The number of hydrogen-bond acceptors (Lipinski definition) is 3. The van der Waals surface area contributed by atoms with Crippen molar-refractivity contribution in [2.45, 2.75) is 33.2 Å². The smallest absolute Gasteiger partial charge is 0.294 e. The van der Waals surface area contributed by atoms with Crippen LogP contribution in [0.1, 0.15) is 27.7 Å². The zero-order valence-corrected chi connectivity index (χ0v) is 8.53. The molecule has 0 aliphatic heterocycles. The van der Waals surface area contributed by atoms with Gasteiger partial charge in [0.2, 0.25) is 0 Å². The highest BCUT2D eigenvalue weighted by molar-refractivity contribution is 5.77. The van der Waals surface area contributed by atoms with Crippen LogP contribution >= 0.6 is 0 Å². The van der Waals surface area contributed by atoms with Gasteiger partial charge in [-0.25, -0.2) is 0 Å². The van der Waals surface area contributed by atoms with Crippen molar-refractivity contribution in [1.29, 1.82) is 0 Å². The first kappa shape index (κ1) is 11.9. The third-order valence-electron chi connectivity index (χ3n) is 1.69. The molecule has 0 rings (SSSR count). The standard InChI is InChI=1S/C8H16N2O3/c1-5-9(8(2,3)4)7(11)6-10(12)13/h5-6H2,1-4H3. The number of rotatable bonds is 3. The minimum absolute atomic E-state index is 0.345. The van der Waals surface area contributed by atoms with Crippen LogP contribution in [0, 0.1) is 10.1 Å². The van der Waals surface area contributed by atoms with Crippen molar-refractivity contribution >= 4 is 5.91 Å². The van der Waals surface area contributed by atoms with E-state index in [1.807, 2.05) is 27.7 Å². The van der Waals surface area contributed by atoms with Gasteiger partial charge in [0, 0.05) is 17.0 Å². The molecule has 0 aliphatic rings. The predicted molar refractivity (Wildman–Crippen MR) is 49.0 cm³/mol. The Hall–Kier alpha value is -1.13. The molecule has 5 nitrogen and oxygen atoms in total. The minimum atomic E-state index is -0.620. The fourth-order valence-electron chi connectivity index (χ4n) is 1.22. The monoisotopic (exact) mass is 188 g/mol. The van der Waals surface area contributed by atoms with Crippen LogP contribution in [-0.4, -0.2) is 34.4 Å². The molecule has 0 radical (unpaired) electrons. The number of likely N-dealkylation sites (N-methyl/N-ethyl adjacent to an activating group) is 1. The second-order valence-electron chi connectivity index (χ2n) is 3.80. The van der Waals surface area contributed by atoms with Gasteiger partial charge in [-0.1, -0.05) is 0 Å². The Morgan fingerprint density at radius 3 is 2.15 bits per heavy atom. The topological polar surface area (TPSA) is 63.5 Å². The highest BCUT2D eigenvalue weighted by atomic mass is 16.6. The van der Waals surface area contributed by atoms with E-state index in [9.17, 15) is 14.9 Å². The lowest BCUT2D eigenvalue weighted by atomic mass is 10.1. The first-order valence-electron chi connectivity index (χ1n) is 4.21. The van der Waals surface area contributed by atoms with E-state index in [2.05, 4.69) is 0 Å². The molecule has 0 heterocycles. The van der Waals surface area contributed by atoms with Crippen LogP contribution in [0.5, 0.6) is 0 Å². The molecule has 0 fully saturated rings. The summed E-state index contributed by atoms with van der Waals surface area (Å²) in [5.41, 5.74) is -0.345. The molecule has 0 aromatic heterocycles. The number of hydrogen-bond donors (Lipinski definition) is 0. The highest BCUT2D eigenvalue weighted by Crippen LogP contribution is 2.12. The summed E-state index contributed by atoms with van der Waals surface area (Å²) in [7, 11) is 0. The Kier molecular flexibility index (Phi) is 3.84. The first-order chi connectivity index (χ1) is 5.79. The molecule has 13 heavy (non-hydrogen) atoms. The molecule has 0 saturated heterocycles. The number of carbonyl (C=O) groups is 1. The zero-order chi connectivity index (χ0) is 10.6. The number of nitro groups is 1. The lowest BCUT2D eigenvalue weighted by Crippen LogP contribution is -2.47. The molecule has 0 N–H and O–H groups in total. The van der Waals surface area contributed by atoms with E-state index in [4.69, 9.17) is 0 Å². The molecular weight excluding hydrogens is 172 g/mol. The summed E-state index contributed by atoms with van der Waals surface area (Å²) < 4.78 is 0. The lowest BCUT2D eigenvalue weighted by Gasteiger charge is -2.33. The average Bonchev–Trinajstić information content (AvgIpc) is 1.82. The van der Waals surface area contributed by atoms with E-state index in [1.54, 1.807) is 0 Å². The van der Waals surface area contributed by atoms with Crippen LogP contribution in [0.4, 0.5) is 0 Å². The highest BCUT2D eigenvalue weighted by Gasteiger charge is 2.27. The largest absolute Gasteiger partial charge is 0.332 e. The Labute approximate surface area is 77.9 Å². The number of nitrogens with zero attached hydrogens (tertiary/aromatic N) is 2. The van der Waals surface area contributed by atoms with Crippen LogP contribution < -0.4 is 0 Å². The van der Waals surface area contributed by atoms with Gasteiger partial charge in [0.15, 0.2) is 0 Å². The van der Waals surface area contributed by atoms with Gasteiger partial charge in [-0.15, -0.1) is 0 Å². The van der Waals surface area contributed by atoms with Crippen LogP contribution in [-0.2, 0) is 4.79 Å². The number of carbonyl (C=O) groups excluding carboxylic acids is 1. The Bertz CT molecular complexity index is 208. The fourth-order valence-corrected chi connectivity index (χ4v) is 1.22. The van der Waals surface area contributed by atoms with Crippen molar-refractivity contribution in [1.82, 2.24) is 4.90 Å². The summed E-state index contributed by atoms with van der Waals surface area (Å²) in [6.07, 6.45) is 0. The summed E-state index contributed by atoms with van der Waals surface area (Å²) in [5.74, 6) is -0.431. The van der Waals surface area contributed by atoms with Crippen LogP contribution in [0.2, 0.25) is 0 Å². The molecule has 0 aliphatic carbocycles.